The number of rotatable bonds is 5. The third kappa shape index (κ3) is 5.00. The molecule has 0 fully saturated rings. The van der Waals surface area contributed by atoms with E-state index in [1.807, 2.05) is 18.2 Å². The molecule has 2 aromatic rings. The van der Waals surface area contributed by atoms with Gasteiger partial charge in [0.2, 0.25) is 0 Å². The summed E-state index contributed by atoms with van der Waals surface area (Å²) in [6, 6.07) is 14.0. The van der Waals surface area contributed by atoms with Gasteiger partial charge in [0.05, 0.1) is 10.0 Å². The average Bonchev–Trinajstić information content (AvgIpc) is 2.53. The molecule has 0 heterocycles. The van der Waals surface area contributed by atoms with Gasteiger partial charge >= 0.3 is 0 Å². The first-order chi connectivity index (χ1) is 11.4. The van der Waals surface area contributed by atoms with Gasteiger partial charge in [0.15, 0.2) is 5.11 Å². The van der Waals surface area contributed by atoms with Crippen molar-refractivity contribution >= 4 is 57.6 Å². The van der Waals surface area contributed by atoms with Crippen LogP contribution in [0.1, 0.15) is 20.8 Å². The van der Waals surface area contributed by atoms with E-state index in [0.717, 1.165) is 17.9 Å². The predicted molar refractivity (Wildman–Crippen MR) is 111 cm³/mol. The van der Waals surface area contributed by atoms with E-state index in [-0.39, 0.29) is 0 Å². The summed E-state index contributed by atoms with van der Waals surface area (Å²) in [6.45, 7) is 7.50. The number of nitrogens with one attached hydrogen (secondary N) is 2. The van der Waals surface area contributed by atoms with Crippen molar-refractivity contribution in [3.63, 3.8) is 0 Å². The van der Waals surface area contributed by atoms with Crippen molar-refractivity contribution in [3.05, 3.63) is 52.5 Å². The summed E-state index contributed by atoms with van der Waals surface area (Å²) < 4.78 is 0. The van der Waals surface area contributed by atoms with E-state index >= 15 is 0 Å². The Morgan fingerprint density at radius 2 is 1.58 bits per heavy atom. The van der Waals surface area contributed by atoms with Gasteiger partial charge in [-0.2, -0.15) is 0 Å². The Labute approximate surface area is 159 Å². The highest BCUT2D eigenvalue weighted by atomic mass is 35.5. The summed E-state index contributed by atoms with van der Waals surface area (Å²) in [5, 5.41) is 7.76. The molecule has 0 aromatic heterocycles. The van der Waals surface area contributed by atoms with Crippen LogP contribution in [0, 0.1) is 0 Å². The van der Waals surface area contributed by atoms with Crippen LogP contribution in [0.3, 0.4) is 0 Å². The number of hydrogen-bond donors (Lipinski definition) is 2. The molecular weight excluding hydrogens is 361 g/mol. The SMILES string of the molecule is CCN(c1ccc(NC(=S)Nc2ccc(Cl)c(Cl)c2)cc1)C(C)C. The molecule has 0 aliphatic carbocycles. The van der Waals surface area contributed by atoms with Crippen molar-refractivity contribution in [3.8, 4) is 0 Å². The number of anilines is 3. The predicted octanol–water partition coefficient (Wildman–Crippen LogP) is 6.04. The minimum Gasteiger partial charge on any atom is -0.369 e. The van der Waals surface area contributed by atoms with Crippen molar-refractivity contribution in [2.45, 2.75) is 26.8 Å². The van der Waals surface area contributed by atoms with E-state index in [4.69, 9.17) is 35.4 Å². The molecule has 0 amide bonds. The maximum atomic E-state index is 6.00. The van der Waals surface area contributed by atoms with Crippen molar-refractivity contribution in [1.29, 1.82) is 0 Å². The van der Waals surface area contributed by atoms with E-state index in [1.165, 1.54) is 5.69 Å². The third-order valence-corrected chi connectivity index (χ3v) is 4.54. The molecule has 0 saturated carbocycles. The van der Waals surface area contributed by atoms with Gasteiger partial charge in [-0.1, -0.05) is 23.2 Å². The molecule has 0 unspecified atom stereocenters. The topological polar surface area (TPSA) is 27.3 Å². The fourth-order valence-corrected chi connectivity index (χ4v) is 2.98. The lowest BCUT2D eigenvalue weighted by Crippen LogP contribution is -2.30. The molecule has 6 heteroatoms. The monoisotopic (exact) mass is 381 g/mol. The van der Waals surface area contributed by atoms with E-state index in [1.54, 1.807) is 12.1 Å². The molecule has 24 heavy (non-hydrogen) atoms. The van der Waals surface area contributed by atoms with Crippen LogP contribution in [0.2, 0.25) is 10.0 Å². The summed E-state index contributed by atoms with van der Waals surface area (Å²) in [5.41, 5.74) is 2.91. The molecule has 0 bridgehead atoms. The Balaban J connectivity index is 2.00. The van der Waals surface area contributed by atoms with Crippen molar-refractivity contribution in [2.75, 3.05) is 22.1 Å². The van der Waals surface area contributed by atoms with Gasteiger partial charge in [-0.25, -0.2) is 0 Å². The maximum Gasteiger partial charge on any atom is 0.175 e. The summed E-state index contributed by atoms with van der Waals surface area (Å²) in [5.74, 6) is 0. The van der Waals surface area contributed by atoms with Crippen molar-refractivity contribution in [2.24, 2.45) is 0 Å². The van der Waals surface area contributed by atoms with Crippen LogP contribution in [-0.4, -0.2) is 17.7 Å². The second kappa shape index (κ2) is 8.56. The van der Waals surface area contributed by atoms with Gasteiger partial charge in [0.1, 0.15) is 0 Å². The zero-order chi connectivity index (χ0) is 17.7. The Morgan fingerprint density at radius 1 is 1.00 bits per heavy atom. The first-order valence-corrected chi connectivity index (χ1v) is 8.97. The van der Waals surface area contributed by atoms with Crippen LogP contribution in [0.5, 0.6) is 0 Å². The first-order valence-electron chi connectivity index (χ1n) is 7.80. The third-order valence-electron chi connectivity index (χ3n) is 3.60. The van der Waals surface area contributed by atoms with E-state index < -0.39 is 0 Å². The zero-order valence-electron chi connectivity index (χ0n) is 13.9. The molecule has 2 rings (SSSR count). The number of hydrogen-bond acceptors (Lipinski definition) is 2. The number of thiocarbonyl (C=S) groups is 1. The summed E-state index contributed by atoms with van der Waals surface area (Å²) in [6.07, 6.45) is 0. The van der Waals surface area contributed by atoms with Gasteiger partial charge < -0.3 is 15.5 Å². The van der Waals surface area contributed by atoms with E-state index in [0.29, 0.717) is 21.2 Å². The summed E-state index contributed by atoms with van der Waals surface area (Å²) in [4.78, 5) is 2.33. The second-order valence-electron chi connectivity index (χ2n) is 5.63. The van der Waals surface area contributed by atoms with Crippen molar-refractivity contribution in [1.82, 2.24) is 0 Å². The van der Waals surface area contributed by atoms with Gasteiger partial charge in [-0.3, -0.25) is 0 Å². The Hall–Kier alpha value is -1.49. The van der Waals surface area contributed by atoms with Gasteiger partial charge in [-0.15, -0.1) is 0 Å². The van der Waals surface area contributed by atoms with Gasteiger partial charge in [-0.05, 0) is 75.5 Å². The highest BCUT2D eigenvalue weighted by molar-refractivity contribution is 7.80. The molecule has 0 aliphatic rings. The highest BCUT2D eigenvalue weighted by Gasteiger charge is 2.08. The Kier molecular flexibility index (Phi) is 6.72. The maximum absolute atomic E-state index is 6.00. The van der Waals surface area contributed by atoms with Gasteiger partial charge in [0.25, 0.3) is 0 Å². The fraction of sp³-hybridized carbons (Fsp3) is 0.278. The number of benzene rings is 2. The highest BCUT2D eigenvalue weighted by Crippen LogP contribution is 2.25. The normalized spacial score (nSPS) is 10.6. The van der Waals surface area contributed by atoms with Crippen LogP contribution >= 0.6 is 35.4 Å². The molecular formula is C18H21Cl2N3S. The molecule has 0 radical (unpaired) electrons. The largest absolute Gasteiger partial charge is 0.369 e. The Bertz CT molecular complexity index is 702. The second-order valence-corrected chi connectivity index (χ2v) is 6.86. The molecule has 2 aromatic carbocycles. The fourth-order valence-electron chi connectivity index (χ4n) is 2.45. The minimum absolute atomic E-state index is 0.464. The smallest absolute Gasteiger partial charge is 0.175 e. The van der Waals surface area contributed by atoms with E-state index in [2.05, 4.69) is 48.4 Å². The number of nitrogens with zero attached hydrogens (tertiary/aromatic N) is 1. The molecule has 128 valence electrons. The molecule has 0 saturated heterocycles. The van der Waals surface area contributed by atoms with Crippen molar-refractivity contribution < 1.29 is 0 Å². The zero-order valence-corrected chi connectivity index (χ0v) is 16.3. The molecule has 0 spiro atoms. The molecule has 0 aliphatic heterocycles. The quantitative estimate of drug-likeness (QED) is 0.617. The van der Waals surface area contributed by atoms with Crippen LogP contribution in [0.15, 0.2) is 42.5 Å². The lowest BCUT2D eigenvalue weighted by molar-refractivity contribution is 0.704. The lowest BCUT2D eigenvalue weighted by atomic mass is 10.2. The molecule has 3 nitrogen and oxygen atoms in total. The Morgan fingerprint density at radius 3 is 2.12 bits per heavy atom. The van der Waals surface area contributed by atoms with Crippen LogP contribution in [0.4, 0.5) is 17.1 Å². The molecule has 0 atom stereocenters. The minimum atomic E-state index is 0.464. The number of halogens is 2. The standard InChI is InChI=1S/C18H21Cl2N3S/c1-4-23(12(2)3)15-8-5-13(6-9-15)21-18(24)22-14-7-10-16(19)17(20)11-14/h5-12H,4H2,1-3H3,(H2,21,22,24). The van der Waals surface area contributed by atoms with E-state index in [9.17, 15) is 0 Å². The van der Waals surface area contributed by atoms with Crippen LogP contribution < -0.4 is 15.5 Å². The van der Waals surface area contributed by atoms with Gasteiger partial charge in [0, 0.05) is 29.6 Å². The summed E-state index contributed by atoms with van der Waals surface area (Å²) in [7, 11) is 0. The van der Waals surface area contributed by atoms with Crippen LogP contribution in [0.25, 0.3) is 0 Å². The first kappa shape index (κ1) is 18.8. The summed E-state index contributed by atoms with van der Waals surface area (Å²) >= 11 is 17.2. The average molecular weight is 382 g/mol. The molecule has 2 N–H and O–H groups in total. The lowest BCUT2D eigenvalue weighted by Gasteiger charge is -2.27. The van der Waals surface area contributed by atoms with Crippen LogP contribution in [-0.2, 0) is 0 Å².